The van der Waals surface area contributed by atoms with Gasteiger partial charge in [0.2, 0.25) is 0 Å². The highest BCUT2D eigenvalue weighted by Gasteiger charge is 2.27. The first-order chi connectivity index (χ1) is 11.8. The van der Waals surface area contributed by atoms with Crippen molar-refractivity contribution in [2.24, 2.45) is 0 Å². The average molecular weight is 316 g/mol. The summed E-state index contributed by atoms with van der Waals surface area (Å²) in [6.45, 7) is 0. The third-order valence-electron chi connectivity index (χ3n) is 4.44. The Labute approximate surface area is 139 Å². The molecule has 0 amide bonds. The Morgan fingerprint density at radius 1 is 0.958 bits per heavy atom. The maximum Gasteiger partial charge on any atom is 0.355 e. The van der Waals surface area contributed by atoms with Crippen LogP contribution in [0, 0.1) is 0 Å². The topological polar surface area (TPSA) is 63.1 Å². The molecule has 0 atom stereocenters. The lowest BCUT2D eigenvalue weighted by Gasteiger charge is -2.15. The van der Waals surface area contributed by atoms with Gasteiger partial charge in [-0.2, -0.15) is 0 Å². The zero-order chi connectivity index (χ0) is 16.5. The number of aromatic nitrogens is 2. The van der Waals surface area contributed by atoms with Crippen molar-refractivity contribution in [1.29, 1.82) is 0 Å². The van der Waals surface area contributed by atoms with Crippen molar-refractivity contribution >= 4 is 5.97 Å². The van der Waals surface area contributed by atoms with Crippen molar-refractivity contribution in [1.82, 2.24) is 9.97 Å². The van der Waals surface area contributed by atoms with Crippen molar-refractivity contribution in [3.63, 3.8) is 0 Å². The average Bonchev–Trinajstić information content (AvgIpc) is 3.11. The Hall–Kier alpha value is -3.01. The number of nitrogens with zero attached hydrogens (tertiary/aromatic N) is 2. The van der Waals surface area contributed by atoms with Crippen molar-refractivity contribution < 1.29 is 9.90 Å². The molecule has 1 N–H and O–H groups in total. The fourth-order valence-corrected chi connectivity index (χ4v) is 3.44. The zero-order valence-corrected chi connectivity index (χ0v) is 13.1. The molecule has 0 aliphatic heterocycles. The molecule has 0 spiro atoms. The van der Waals surface area contributed by atoms with Crippen LogP contribution in [0.3, 0.4) is 0 Å². The second-order valence-corrected chi connectivity index (χ2v) is 5.88. The van der Waals surface area contributed by atoms with Gasteiger partial charge in [0.1, 0.15) is 0 Å². The van der Waals surface area contributed by atoms with E-state index in [1.807, 2.05) is 48.5 Å². The third-order valence-corrected chi connectivity index (χ3v) is 4.44. The molecule has 2 heterocycles. The van der Waals surface area contributed by atoms with Crippen molar-refractivity contribution in [3.8, 4) is 22.5 Å². The van der Waals surface area contributed by atoms with E-state index >= 15 is 0 Å². The molecular formula is C20H16N2O2. The van der Waals surface area contributed by atoms with Gasteiger partial charge in [-0.1, -0.05) is 36.4 Å². The molecule has 1 aromatic carbocycles. The summed E-state index contributed by atoms with van der Waals surface area (Å²) >= 11 is 0. The van der Waals surface area contributed by atoms with E-state index in [-0.39, 0.29) is 5.69 Å². The summed E-state index contributed by atoms with van der Waals surface area (Å²) in [5.74, 6) is -0.999. The van der Waals surface area contributed by atoms with Gasteiger partial charge in [0.25, 0.3) is 0 Å². The van der Waals surface area contributed by atoms with E-state index in [1.54, 1.807) is 6.20 Å². The molecule has 2 aromatic heterocycles. The minimum Gasteiger partial charge on any atom is -0.476 e. The van der Waals surface area contributed by atoms with Gasteiger partial charge in [-0.3, -0.25) is 4.98 Å². The van der Waals surface area contributed by atoms with Crippen LogP contribution in [0.1, 0.15) is 28.0 Å². The largest absolute Gasteiger partial charge is 0.476 e. The Morgan fingerprint density at radius 3 is 2.42 bits per heavy atom. The van der Waals surface area contributed by atoms with E-state index in [2.05, 4.69) is 9.97 Å². The highest BCUT2D eigenvalue weighted by atomic mass is 16.4. The van der Waals surface area contributed by atoms with Crippen molar-refractivity contribution in [3.05, 3.63) is 71.5 Å². The maximum absolute atomic E-state index is 11.9. The SMILES string of the molecule is O=C(O)c1nc(-c2ccccn2)c2c(c1-c1ccccc1)CCC2. The predicted molar refractivity (Wildman–Crippen MR) is 91.9 cm³/mol. The summed E-state index contributed by atoms with van der Waals surface area (Å²) in [7, 11) is 0. The minimum atomic E-state index is -0.999. The van der Waals surface area contributed by atoms with Crippen LogP contribution in [0.25, 0.3) is 22.5 Å². The number of aromatic carboxylic acids is 1. The van der Waals surface area contributed by atoms with Crippen molar-refractivity contribution in [2.45, 2.75) is 19.3 Å². The van der Waals surface area contributed by atoms with E-state index in [4.69, 9.17) is 0 Å². The number of pyridine rings is 2. The predicted octanol–water partition coefficient (Wildman–Crippen LogP) is 4.00. The van der Waals surface area contributed by atoms with Crippen LogP contribution in [0.5, 0.6) is 0 Å². The smallest absolute Gasteiger partial charge is 0.355 e. The number of hydrogen-bond donors (Lipinski definition) is 1. The van der Waals surface area contributed by atoms with E-state index in [1.165, 1.54) is 0 Å². The Balaban J connectivity index is 2.03. The molecule has 1 aliphatic carbocycles. The molecule has 118 valence electrons. The normalized spacial score (nSPS) is 12.8. The number of carboxylic acids is 1. The van der Waals surface area contributed by atoms with Crippen LogP contribution in [-0.4, -0.2) is 21.0 Å². The molecule has 0 fully saturated rings. The second kappa shape index (κ2) is 5.89. The number of carboxylic acid groups (broad SMARTS) is 1. The van der Waals surface area contributed by atoms with Crippen LogP contribution < -0.4 is 0 Å². The number of fused-ring (bicyclic) bond motifs is 1. The lowest BCUT2D eigenvalue weighted by molar-refractivity contribution is 0.0691. The molecule has 4 nitrogen and oxygen atoms in total. The Kier molecular flexibility index (Phi) is 3.58. The molecule has 24 heavy (non-hydrogen) atoms. The van der Waals surface area contributed by atoms with Gasteiger partial charge in [0.15, 0.2) is 5.69 Å². The van der Waals surface area contributed by atoms with Crippen molar-refractivity contribution in [2.75, 3.05) is 0 Å². The van der Waals surface area contributed by atoms with Crippen LogP contribution in [-0.2, 0) is 12.8 Å². The number of hydrogen-bond acceptors (Lipinski definition) is 3. The monoisotopic (exact) mass is 316 g/mol. The summed E-state index contributed by atoms with van der Waals surface area (Å²) in [5, 5.41) is 9.75. The summed E-state index contributed by atoms with van der Waals surface area (Å²) in [5.41, 5.74) is 5.47. The highest BCUT2D eigenvalue weighted by Crippen LogP contribution is 2.38. The Bertz CT molecular complexity index is 906. The van der Waals surface area contributed by atoms with E-state index in [0.29, 0.717) is 5.69 Å². The second-order valence-electron chi connectivity index (χ2n) is 5.88. The Morgan fingerprint density at radius 2 is 1.71 bits per heavy atom. The molecule has 0 unspecified atom stereocenters. The zero-order valence-electron chi connectivity index (χ0n) is 13.1. The molecule has 0 radical (unpaired) electrons. The molecule has 4 rings (SSSR count). The maximum atomic E-state index is 11.9. The van der Waals surface area contributed by atoms with Gasteiger partial charge in [-0.25, -0.2) is 9.78 Å². The first kappa shape index (κ1) is 14.6. The lowest BCUT2D eigenvalue weighted by atomic mass is 9.93. The van der Waals surface area contributed by atoms with E-state index in [0.717, 1.165) is 47.2 Å². The quantitative estimate of drug-likeness (QED) is 0.793. The molecule has 3 aromatic rings. The molecule has 0 bridgehead atoms. The summed E-state index contributed by atoms with van der Waals surface area (Å²) in [6.07, 6.45) is 4.51. The van der Waals surface area contributed by atoms with Gasteiger partial charge in [0, 0.05) is 11.8 Å². The third kappa shape index (κ3) is 2.36. The minimum absolute atomic E-state index is 0.113. The summed E-state index contributed by atoms with van der Waals surface area (Å²) in [4.78, 5) is 20.8. The number of rotatable bonds is 3. The van der Waals surface area contributed by atoms with E-state index < -0.39 is 5.97 Å². The van der Waals surface area contributed by atoms with Crippen LogP contribution in [0.2, 0.25) is 0 Å². The summed E-state index contributed by atoms with van der Waals surface area (Å²) < 4.78 is 0. The van der Waals surface area contributed by atoms with Gasteiger partial charge in [0.05, 0.1) is 11.4 Å². The van der Waals surface area contributed by atoms with E-state index in [9.17, 15) is 9.90 Å². The summed E-state index contributed by atoms with van der Waals surface area (Å²) in [6, 6.07) is 15.3. The molecular weight excluding hydrogens is 300 g/mol. The lowest BCUT2D eigenvalue weighted by Crippen LogP contribution is -2.09. The van der Waals surface area contributed by atoms with Gasteiger partial charge >= 0.3 is 5.97 Å². The standard InChI is InChI=1S/C20H16N2O2/c23-20(24)19-17(13-7-2-1-3-8-13)14-9-6-10-15(14)18(22-19)16-11-4-5-12-21-16/h1-5,7-8,11-12H,6,9-10H2,(H,23,24). The molecule has 4 heteroatoms. The number of carbonyl (C=O) groups is 1. The number of benzene rings is 1. The van der Waals surface area contributed by atoms with Gasteiger partial charge < -0.3 is 5.11 Å². The van der Waals surface area contributed by atoms with Crippen LogP contribution in [0.15, 0.2) is 54.7 Å². The fourth-order valence-electron chi connectivity index (χ4n) is 3.44. The first-order valence-electron chi connectivity index (χ1n) is 8.01. The molecule has 0 saturated heterocycles. The van der Waals surface area contributed by atoms with Crippen LogP contribution >= 0.6 is 0 Å². The highest BCUT2D eigenvalue weighted by molar-refractivity contribution is 5.96. The molecule has 1 aliphatic rings. The molecule has 0 saturated carbocycles. The van der Waals surface area contributed by atoms with Crippen LogP contribution in [0.4, 0.5) is 0 Å². The fraction of sp³-hybridized carbons (Fsp3) is 0.150. The van der Waals surface area contributed by atoms with Gasteiger partial charge in [-0.05, 0) is 48.1 Å². The first-order valence-corrected chi connectivity index (χ1v) is 8.01. The van der Waals surface area contributed by atoms with Gasteiger partial charge in [-0.15, -0.1) is 0 Å².